The van der Waals surface area contributed by atoms with E-state index in [-0.39, 0.29) is 6.54 Å². The fraction of sp³-hybridized carbons (Fsp3) is 0.176. The molecule has 0 fully saturated rings. The Morgan fingerprint density at radius 3 is 2.43 bits per heavy atom. The van der Waals surface area contributed by atoms with Gasteiger partial charge >= 0.3 is 11.8 Å². The van der Waals surface area contributed by atoms with Crippen LogP contribution in [0.3, 0.4) is 0 Å². The molecule has 120 valence electrons. The average molecular weight is 333 g/mol. The Kier molecular flexibility index (Phi) is 5.60. The summed E-state index contributed by atoms with van der Waals surface area (Å²) in [6, 6.07) is 12.3. The van der Waals surface area contributed by atoms with Crippen LogP contribution in [-0.4, -0.2) is 18.9 Å². The largest absolute Gasteiger partial charge is 0.495 e. The van der Waals surface area contributed by atoms with Crippen molar-refractivity contribution in [2.24, 2.45) is 0 Å². The second-order valence-electron chi connectivity index (χ2n) is 4.97. The number of ether oxygens (including phenoxy) is 1. The smallest absolute Gasteiger partial charge is 0.313 e. The Bertz CT molecular complexity index is 714. The third-order valence-corrected chi connectivity index (χ3v) is 3.43. The average Bonchev–Trinajstić information content (AvgIpc) is 2.54. The fourth-order valence-corrected chi connectivity index (χ4v) is 2.09. The van der Waals surface area contributed by atoms with Crippen LogP contribution >= 0.6 is 11.6 Å². The van der Waals surface area contributed by atoms with Gasteiger partial charge < -0.3 is 15.4 Å². The highest BCUT2D eigenvalue weighted by molar-refractivity contribution is 6.39. The van der Waals surface area contributed by atoms with Crippen molar-refractivity contribution in [2.75, 3.05) is 12.4 Å². The topological polar surface area (TPSA) is 67.4 Å². The van der Waals surface area contributed by atoms with Crippen LogP contribution in [0.15, 0.2) is 42.5 Å². The van der Waals surface area contributed by atoms with Gasteiger partial charge in [0.2, 0.25) is 0 Å². The predicted molar refractivity (Wildman–Crippen MR) is 89.7 cm³/mol. The van der Waals surface area contributed by atoms with Gasteiger partial charge in [0.1, 0.15) is 5.75 Å². The first kappa shape index (κ1) is 16.8. The predicted octanol–water partition coefficient (Wildman–Crippen LogP) is 2.91. The van der Waals surface area contributed by atoms with Gasteiger partial charge in [-0.15, -0.1) is 0 Å². The second-order valence-corrected chi connectivity index (χ2v) is 5.40. The number of hydrogen-bond donors (Lipinski definition) is 2. The summed E-state index contributed by atoms with van der Waals surface area (Å²) in [6.07, 6.45) is 0. The number of carbonyl (C=O) groups is 2. The molecule has 0 aromatic heterocycles. The molecule has 2 amide bonds. The van der Waals surface area contributed by atoms with Crippen molar-refractivity contribution in [1.29, 1.82) is 0 Å². The molecule has 0 aliphatic heterocycles. The fourth-order valence-electron chi connectivity index (χ4n) is 1.96. The van der Waals surface area contributed by atoms with Crippen molar-refractivity contribution in [1.82, 2.24) is 5.32 Å². The van der Waals surface area contributed by atoms with Crippen molar-refractivity contribution in [3.63, 3.8) is 0 Å². The third kappa shape index (κ3) is 4.72. The monoisotopic (exact) mass is 332 g/mol. The van der Waals surface area contributed by atoms with Gasteiger partial charge in [0, 0.05) is 11.6 Å². The van der Waals surface area contributed by atoms with Crippen molar-refractivity contribution >= 4 is 29.1 Å². The van der Waals surface area contributed by atoms with E-state index in [4.69, 9.17) is 16.3 Å². The number of benzene rings is 2. The normalized spacial score (nSPS) is 10.0. The highest BCUT2D eigenvalue weighted by Gasteiger charge is 2.15. The van der Waals surface area contributed by atoms with Gasteiger partial charge in [-0.3, -0.25) is 9.59 Å². The van der Waals surface area contributed by atoms with E-state index in [1.54, 1.807) is 36.4 Å². The Labute approximate surface area is 139 Å². The van der Waals surface area contributed by atoms with Crippen LogP contribution in [0.1, 0.15) is 11.1 Å². The van der Waals surface area contributed by atoms with E-state index < -0.39 is 11.8 Å². The summed E-state index contributed by atoms with van der Waals surface area (Å²) >= 11 is 5.79. The molecule has 0 radical (unpaired) electrons. The first-order chi connectivity index (χ1) is 11.0. The van der Waals surface area contributed by atoms with E-state index in [9.17, 15) is 9.59 Å². The lowest BCUT2D eigenvalue weighted by Gasteiger charge is -2.11. The number of halogens is 1. The Hall–Kier alpha value is -2.53. The van der Waals surface area contributed by atoms with Crippen LogP contribution in [0.2, 0.25) is 5.02 Å². The maximum Gasteiger partial charge on any atom is 0.313 e. The minimum absolute atomic E-state index is 0.244. The molecule has 0 saturated heterocycles. The minimum atomic E-state index is -0.747. The molecule has 23 heavy (non-hydrogen) atoms. The Morgan fingerprint density at radius 2 is 1.78 bits per heavy atom. The molecule has 2 aromatic carbocycles. The van der Waals surface area contributed by atoms with E-state index in [1.807, 2.05) is 13.0 Å². The molecule has 0 unspecified atom stereocenters. The molecular formula is C17H17ClN2O3. The first-order valence-corrected chi connectivity index (χ1v) is 7.35. The van der Waals surface area contributed by atoms with Crippen molar-refractivity contribution in [2.45, 2.75) is 13.5 Å². The van der Waals surface area contributed by atoms with E-state index >= 15 is 0 Å². The summed E-state index contributed by atoms with van der Waals surface area (Å²) in [7, 11) is 1.50. The van der Waals surface area contributed by atoms with Crippen LogP contribution in [0.5, 0.6) is 5.75 Å². The van der Waals surface area contributed by atoms with Crippen LogP contribution in [0.25, 0.3) is 0 Å². The summed E-state index contributed by atoms with van der Waals surface area (Å²) in [6.45, 7) is 2.13. The third-order valence-electron chi connectivity index (χ3n) is 3.18. The van der Waals surface area contributed by atoms with Gasteiger partial charge in [0.25, 0.3) is 0 Å². The quantitative estimate of drug-likeness (QED) is 0.846. The standard InChI is InChI=1S/C17H17ClN2O3/c1-11-3-8-15(23-2)14(9-11)20-17(22)16(21)19-10-12-4-6-13(18)7-5-12/h3-9H,10H2,1-2H3,(H,19,21)(H,20,22). The number of nitrogens with one attached hydrogen (secondary N) is 2. The Morgan fingerprint density at radius 1 is 1.09 bits per heavy atom. The molecule has 0 heterocycles. The van der Waals surface area contributed by atoms with E-state index in [1.165, 1.54) is 7.11 Å². The van der Waals surface area contributed by atoms with Gasteiger partial charge in [0.05, 0.1) is 12.8 Å². The lowest BCUT2D eigenvalue weighted by Crippen LogP contribution is -2.35. The molecule has 0 aliphatic rings. The molecule has 2 aromatic rings. The van der Waals surface area contributed by atoms with E-state index in [0.29, 0.717) is 16.5 Å². The lowest BCUT2D eigenvalue weighted by molar-refractivity contribution is -0.136. The number of aryl methyl sites for hydroxylation is 1. The number of amides is 2. The molecule has 0 spiro atoms. The summed E-state index contributed by atoms with van der Waals surface area (Å²) in [5, 5.41) is 5.72. The zero-order chi connectivity index (χ0) is 16.8. The Balaban J connectivity index is 1.96. The van der Waals surface area contributed by atoms with Crippen LogP contribution in [-0.2, 0) is 16.1 Å². The van der Waals surface area contributed by atoms with Crippen LogP contribution in [0, 0.1) is 6.92 Å². The molecule has 2 rings (SSSR count). The van der Waals surface area contributed by atoms with Gasteiger partial charge in [0.15, 0.2) is 0 Å². The summed E-state index contributed by atoms with van der Waals surface area (Å²) in [5.74, 6) is -0.971. The van der Waals surface area contributed by atoms with E-state index in [0.717, 1.165) is 11.1 Å². The SMILES string of the molecule is COc1ccc(C)cc1NC(=O)C(=O)NCc1ccc(Cl)cc1. The van der Waals surface area contributed by atoms with E-state index in [2.05, 4.69) is 10.6 Å². The molecular weight excluding hydrogens is 316 g/mol. The van der Waals surface area contributed by atoms with Crippen LogP contribution in [0.4, 0.5) is 5.69 Å². The number of anilines is 1. The van der Waals surface area contributed by atoms with Crippen molar-refractivity contribution < 1.29 is 14.3 Å². The van der Waals surface area contributed by atoms with Gasteiger partial charge in [-0.25, -0.2) is 0 Å². The summed E-state index contributed by atoms with van der Waals surface area (Å²) < 4.78 is 5.16. The first-order valence-electron chi connectivity index (χ1n) is 6.98. The second kappa shape index (κ2) is 7.65. The number of hydrogen-bond acceptors (Lipinski definition) is 3. The zero-order valence-corrected chi connectivity index (χ0v) is 13.6. The van der Waals surface area contributed by atoms with Gasteiger partial charge in [-0.1, -0.05) is 29.8 Å². The van der Waals surface area contributed by atoms with Gasteiger partial charge in [-0.2, -0.15) is 0 Å². The molecule has 5 nitrogen and oxygen atoms in total. The van der Waals surface area contributed by atoms with Gasteiger partial charge in [-0.05, 0) is 42.3 Å². The summed E-state index contributed by atoms with van der Waals surface area (Å²) in [5.41, 5.74) is 2.26. The maximum atomic E-state index is 12.0. The molecule has 6 heteroatoms. The highest BCUT2D eigenvalue weighted by atomic mass is 35.5. The summed E-state index contributed by atoms with van der Waals surface area (Å²) in [4.78, 5) is 23.8. The minimum Gasteiger partial charge on any atom is -0.495 e. The number of carbonyl (C=O) groups excluding carboxylic acids is 2. The number of rotatable bonds is 4. The maximum absolute atomic E-state index is 12.0. The molecule has 2 N–H and O–H groups in total. The zero-order valence-electron chi connectivity index (χ0n) is 12.9. The highest BCUT2D eigenvalue weighted by Crippen LogP contribution is 2.25. The number of methoxy groups -OCH3 is 1. The molecule has 0 bridgehead atoms. The van der Waals surface area contributed by atoms with Crippen molar-refractivity contribution in [3.8, 4) is 5.75 Å². The van der Waals surface area contributed by atoms with Crippen molar-refractivity contribution in [3.05, 3.63) is 58.6 Å². The van der Waals surface area contributed by atoms with Crippen LogP contribution < -0.4 is 15.4 Å². The molecule has 0 saturated carbocycles. The molecule has 0 atom stereocenters. The lowest BCUT2D eigenvalue weighted by atomic mass is 10.2. The molecule has 0 aliphatic carbocycles.